The molecule has 0 aliphatic carbocycles. The van der Waals surface area contributed by atoms with Gasteiger partial charge in [-0.3, -0.25) is 0 Å². The molecular weight excluding hydrogens is 645 g/mol. The Kier molecular flexibility index (Phi) is 28.7. The van der Waals surface area contributed by atoms with Crippen LogP contribution in [-0.2, 0) is 22.6 Å². The van der Waals surface area contributed by atoms with Gasteiger partial charge >= 0.3 is 11.9 Å². The minimum Gasteiger partial charge on any atom is -0.462 e. The van der Waals surface area contributed by atoms with Crippen molar-refractivity contribution in [2.24, 2.45) is 0 Å². The molecule has 6 nitrogen and oxygen atoms in total. The van der Waals surface area contributed by atoms with E-state index in [1.807, 2.05) is 49.1 Å². The van der Waals surface area contributed by atoms with Crippen LogP contribution in [0.4, 0.5) is 0 Å². The van der Waals surface area contributed by atoms with Crippen molar-refractivity contribution in [3.05, 3.63) is 60.2 Å². The summed E-state index contributed by atoms with van der Waals surface area (Å²) in [5.41, 5.74) is 1.21. The van der Waals surface area contributed by atoms with Crippen molar-refractivity contribution >= 4 is 11.9 Å². The molecule has 0 saturated heterocycles. The highest BCUT2D eigenvalue weighted by Gasteiger charge is 2.11. The number of rotatable bonds is 35. The fraction of sp³-hybridized carbons (Fsp3) is 0.739. The van der Waals surface area contributed by atoms with Gasteiger partial charge < -0.3 is 9.47 Å². The molecule has 0 atom stereocenters. The Bertz CT molecular complexity index is 1030. The Morgan fingerprint density at radius 1 is 0.385 bits per heavy atom. The second-order valence-corrected chi connectivity index (χ2v) is 15.1. The SMILES string of the molecule is CCCCCCCCCCCCCC[n+]1ccc(C(=O)OCCCCCCOC(=O)c2cc[n+](CCCCCCCCCCCCCC)cc2)cc1. The fourth-order valence-electron chi connectivity index (χ4n) is 6.81. The van der Waals surface area contributed by atoms with Crippen LogP contribution in [0, 0.1) is 0 Å². The lowest BCUT2D eigenvalue weighted by molar-refractivity contribution is -0.697. The van der Waals surface area contributed by atoms with E-state index < -0.39 is 0 Å². The van der Waals surface area contributed by atoms with Crippen molar-refractivity contribution in [3.8, 4) is 0 Å². The smallest absolute Gasteiger partial charge is 0.338 e. The van der Waals surface area contributed by atoms with Crippen LogP contribution in [0.5, 0.6) is 0 Å². The molecule has 2 heterocycles. The molecular formula is C46H78N2O4+2. The standard InChI is InChI=1S/C46H78N2O4/c1-3-5-7-9-11-13-15-17-19-21-23-27-35-47-37-31-43(32-38-47)45(49)51-41-29-25-26-30-42-52-46(50)44-33-39-48(40-34-44)36-28-24-22-20-18-16-14-12-10-8-6-4-2/h31-34,37-40H,3-30,35-36,41-42H2,1-2H3/q+2. The number of aromatic nitrogens is 2. The third kappa shape index (κ3) is 24.5. The predicted molar refractivity (Wildman–Crippen MR) is 214 cm³/mol. The highest BCUT2D eigenvalue weighted by atomic mass is 16.5. The van der Waals surface area contributed by atoms with E-state index in [0.717, 1.165) is 38.8 Å². The van der Waals surface area contributed by atoms with Crippen molar-refractivity contribution in [2.75, 3.05) is 13.2 Å². The Hall–Kier alpha value is -2.76. The first-order valence-corrected chi connectivity index (χ1v) is 22.0. The lowest BCUT2D eigenvalue weighted by atomic mass is 10.1. The fourth-order valence-corrected chi connectivity index (χ4v) is 6.81. The second-order valence-electron chi connectivity index (χ2n) is 15.1. The molecule has 0 aliphatic heterocycles. The van der Waals surface area contributed by atoms with Crippen molar-refractivity contribution in [3.63, 3.8) is 0 Å². The minimum absolute atomic E-state index is 0.260. The van der Waals surface area contributed by atoms with E-state index in [2.05, 4.69) is 23.0 Å². The molecule has 52 heavy (non-hydrogen) atoms. The summed E-state index contributed by atoms with van der Waals surface area (Å²) in [6.07, 6.45) is 43.9. The number of ether oxygens (including phenoxy) is 2. The molecule has 2 rings (SSSR count). The highest BCUT2D eigenvalue weighted by Crippen LogP contribution is 2.13. The highest BCUT2D eigenvalue weighted by molar-refractivity contribution is 5.89. The average molecular weight is 723 g/mol. The summed E-state index contributed by atoms with van der Waals surface area (Å²) in [4.78, 5) is 24.9. The number of hydrogen-bond donors (Lipinski definition) is 0. The molecule has 6 heteroatoms. The number of esters is 2. The molecule has 0 saturated carbocycles. The topological polar surface area (TPSA) is 60.4 Å². The molecule has 0 N–H and O–H groups in total. The van der Waals surface area contributed by atoms with E-state index in [1.54, 1.807) is 0 Å². The Labute approximate surface area is 319 Å². The minimum atomic E-state index is -0.260. The zero-order chi connectivity index (χ0) is 37.2. The molecule has 0 unspecified atom stereocenters. The van der Waals surface area contributed by atoms with Gasteiger partial charge in [0.15, 0.2) is 24.8 Å². The maximum atomic E-state index is 12.5. The lowest BCUT2D eigenvalue weighted by Gasteiger charge is -2.06. The van der Waals surface area contributed by atoms with Gasteiger partial charge in [-0.2, -0.15) is 0 Å². The summed E-state index contributed by atoms with van der Waals surface area (Å²) in [5, 5.41) is 0. The third-order valence-corrected chi connectivity index (χ3v) is 10.3. The maximum absolute atomic E-state index is 12.5. The first kappa shape index (κ1) is 45.4. The summed E-state index contributed by atoms with van der Waals surface area (Å²) in [5.74, 6) is -0.519. The van der Waals surface area contributed by atoms with Crippen LogP contribution < -0.4 is 9.13 Å². The van der Waals surface area contributed by atoms with E-state index in [9.17, 15) is 9.59 Å². The molecule has 0 fully saturated rings. The van der Waals surface area contributed by atoms with E-state index in [1.165, 1.54) is 154 Å². The maximum Gasteiger partial charge on any atom is 0.338 e. The molecule has 0 aliphatic rings. The third-order valence-electron chi connectivity index (χ3n) is 10.3. The van der Waals surface area contributed by atoms with E-state index in [-0.39, 0.29) is 11.9 Å². The van der Waals surface area contributed by atoms with E-state index in [4.69, 9.17) is 9.47 Å². The zero-order valence-electron chi connectivity index (χ0n) is 33.8. The van der Waals surface area contributed by atoms with Gasteiger partial charge in [0.1, 0.15) is 13.1 Å². The van der Waals surface area contributed by atoms with Gasteiger partial charge in [0.05, 0.1) is 24.3 Å². The number of carbonyl (C=O) groups is 2. The van der Waals surface area contributed by atoms with Gasteiger partial charge in [-0.25, -0.2) is 18.7 Å². The summed E-state index contributed by atoms with van der Waals surface area (Å²) >= 11 is 0. The quantitative estimate of drug-likeness (QED) is 0.0404. The van der Waals surface area contributed by atoms with Crippen molar-refractivity contribution < 1.29 is 28.2 Å². The number of nitrogens with zero attached hydrogens (tertiary/aromatic N) is 2. The molecule has 0 radical (unpaired) electrons. The van der Waals surface area contributed by atoms with Gasteiger partial charge in [-0.05, 0) is 38.5 Å². The van der Waals surface area contributed by atoms with Crippen LogP contribution in [0.3, 0.4) is 0 Å². The molecule has 0 aromatic carbocycles. The number of pyridine rings is 2. The van der Waals surface area contributed by atoms with Crippen LogP contribution in [0.25, 0.3) is 0 Å². The van der Waals surface area contributed by atoms with Crippen LogP contribution in [0.15, 0.2) is 49.1 Å². The van der Waals surface area contributed by atoms with E-state index >= 15 is 0 Å². The lowest BCUT2D eigenvalue weighted by Crippen LogP contribution is -2.32. The van der Waals surface area contributed by atoms with E-state index in [0.29, 0.717) is 24.3 Å². The molecule has 2 aromatic heterocycles. The largest absolute Gasteiger partial charge is 0.462 e. The molecule has 0 spiro atoms. The molecule has 0 bridgehead atoms. The zero-order valence-corrected chi connectivity index (χ0v) is 33.8. The van der Waals surface area contributed by atoms with Gasteiger partial charge in [0, 0.05) is 37.1 Å². The van der Waals surface area contributed by atoms with Crippen LogP contribution in [-0.4, -0.2) is 25.2 Å². The Balaban J connectivity index is 1.40. The molecule has 0 amide bonds. The Morgan fingerprint density at radius 3 is 0.923 bits per heavy atom. The molecule has 294 valence electrons. The van der Waals surface area contributed by atoms with Crippen LogP contribution in [0.1, 0.15) is 214 Å². The van der Waals surface area contributed by atoms with Crippen molar-refractivity contribution in [2.45, 2.75) is 207 Å². The Morgan fingerprint density at radius 2 is 0.635 bits per heavy atom. The van der Waals surface area contributed by atoms with Crippen molar-refractivity contribution in [1.82, 2.24) is 0 Å². The first-order valence-electron chi connectivity index (χ1n) is 22.0. The van der Waals surface area contributed by atoms with Crippen LogP contribution in [0.2, 0.25) is 0 Å². The second kappa shape index (κ2) is 32.9. The number of carbonyl (C=O) groups excluding carboxylic acids is 2. The van der Waals surface area contributed by atoms with Gasteiger partial charge in [0.25, 0.3) is 0 Å². The number of aryl methyl sites for hydroxylation is 2. The normalized spacial score (nSPS) is 11.2. The van der Waals surface area contributed by atoms with Crippen molar-refractivity contribution in [1.29, 1.82) is 0 Å². The average Bonchev–Trinajstić information content (AvgIpc) is 3.17. The van der Waals surface area contributed by atoms with Crippen LogP contribution >= 0.6 is 0 Å². The number of unbranched alkanes of at least 4 members (excludes halogenated alkanes) is 25. The predicted octanol–water partition coefficient (Wildman–Crippen LogP) is 12.2. The first-order chi connectivity index (χ1) is 25.6. The summed E-state index contributed by atoms with van der Waals surface area (Å²) in [7, 11) is 0. The number of hydrogen-bond acceptors (Lipinski definition) is 4. The van der Waals surface area contributed by atoms with Gasteiger partial charge in [-0.15, -0.1) is 0 Å². The molecule has 2 aromatic rings. The van der Waals surface area contributed by atoms with Gasteiger partial charge in [0.2, 0.25) is 0 Å². The summed E-state index contributed by atoms with van der Waals surface area (Å²) in [6.45, 7) is 7.36. The summed E-state index contributed by atoms with van der Waals surface area (Å²) in [6, 6.07) is 7.46. The van der Waals surface area contributed by atoms with Gasteiger partial charge in [-0.1, -0.05) is 142 Å². The summed E-state index contributed by atoms with van der Waals surface area (Å²) < 4.78 is 15.3. The monoisotopic (exact) mass is 723 g/mol.